The number of nitrogens with zero attached hydrogens (tertiary/aromatic N) is 1. The number of hydrogen-bond donors (Lipinski definition) is 2. The van der Waals surface area contributed by atoms with E-state index in [1.807, 2.05) is 13.8 Å². The van der Waals surface area contributed by atoms with Gasteiger partial charge in [0.2, 0.25) is 5.88 Å². The molecule has 2 N–H and O–H groups in total. The molecule has 2 aromatic rings. The number of aromatic nitrogens is 2. The summed E-state index contributed by atoms with van der Waals surface area (Å²) < 4.78 is 6.89. The topological polar surface area (TPSA) is 92.3 Å². The summed E-state index contributed by atoms with van der Waals surface area (Å²) in [5.74, 6) is -0.177. The highest BCUT2D eigenvalue weighted by molar-refractivity contribution is 9.11. The number of carboxylic acid groups (broad SMARTS) is 1. The molecule has 0 amide bonds. The van der Waals surface area contributed by atoms with E-state index in [0.717, 1.165) is 0 Å². The number of nitrogens with one attached hydrogen (secondary N) is 1. The van der Waals surface area contributed by atoms with Gasteiger partial charge >= 0.3 is 5.97 Å². The molecular weight excluding hydrogens is 432 g/mol. The first-order chi connectivity index (χ1) is 10.8. The average Bonchev–Trinajstić information content (AvgIpc) is 2.43. The second kappa shape index (κ2) is 7.27. The molecule has 6 nitrogen and oxygen atoms in total. The van der Waals surface area contributed by atoms with Crippen LogP contribution in [0.5, 0.6) is 11.6 Å². The molecule has 23 heavy (non-hydrogen) atoms. The molecule has 0 fully saturated rings. The van der Waals surface area contributed by atoms with Gasteiger partial charge in [0.25, 0.3) is 5.56 Å². The van der Waals surface area contributed by atoms with Gasteiger partial charge in [-0.1, -0.05) is 13.8 Å². The van der Waals surface area contributed by atoms with Gasteiger partial charge in [-0.2, -0.15) is 0 Å². The SMILES string of the molecule is CC(C)c1cc(Oc2c(Br)cc(CC(=O)O)cc2Br)n[nH]c1=O. The highest BCUT2D eigenvalue weighted by Gasteiger charge is 2.14. The summed E-state index contributed by atoms with van der Waals surface area (Å²) in [4.78, 5) is 22.5. The number of halogens is 2. The van der Waals surface area contributed by atoms with Crippen molar-refractivity contribution in [1.82, 2.24) is 10.2 Å². The molecule has 0 unspecified atom stereocenters. The molecular formula is C15H14Br2N2O4. The zero-order valence-corrected chi connectivity index (χ0v) is 15.6. The molecule has 1 aromatic carbocycles. The minimum atomic E-state index is -0.915. The summed E-state index contributed by atoms with van der Waals surface area (Å²) in [6.45, 7) is 3.81. The van der Waals surface area contributed by atoms with Crippen molar-refractivity contribution in [2.75, 3.05) is 0 Å². The van der Waals surface area contributed by atoms with E-state index in [2.05, 4.69) is 42.1 Å². The standard InChI is InChI=1S/C15H14Br2N2O4/c1-7(2)9-6-12(18-19-15(9)22)23-14-10(16)3-8(4-11(14)17)5-13(20)21/h3-4,6-7H,5H2,1-2H3,(H,19,22)(H,20,21). The first-order valence-corrected chi connectivity index (χ1v) is 8.33. The third-order valence-corrected chi connectivity index (χ3v) is 4.23. The molecule has 0 spiro atoms. The number of aliphatic carboxylic acids is 1. The van der Waals surface area contributed by atoms with Crippen LogP contribution in [0, 0.1) is 0 Å². The lowest BCUT2D eigenvalue weighted by molar-refractivity contribution is -0.136. The molecule has 1 heterocycles. The second-order valence-corrected chi connectivity index (χ2v) is 6.92. The Kier molecular flexibility index (Phi) is 5.59. The molecule has 0 bridgehead atoms. The fourth-order valence-electron chi connectivity index (χ4n) is 1.97. The van der Waals surface area contributed by atoms with Crippen molar-refractivity contribution in [2.24, 2.45) is 0 Å². The van der Waals surface area contributed by atoms with Crippen LogP contribution in [0.4, 0.5) is 0 Å². The Morgan fingerprint density at radius 2 is 1.91 bits per heavy atom. The van der Waals surface area contributed by atoms with Crippen LogP contribution in [0.15, 0.2) is 31.9 Å². The Hall–Kier alpha value is -1.67. The van der Waals surface area contributed by atoms with Crippen LogP contribution in [0.3, 0.4) is 0 Å². The highest BCUT2D eigenvalue weighted by atomic mass is 79.9. The van der Waals surface area contributed by atoms with Crippen LogP contribution in [0.2, 0.25) is 0 Å². The van der Waals surface area contributed by atoms with Gasteiger partial charge in [-0.25, -0.2) is 5.10 Å². The van der Waals surface area contributed by atoms with Gasteiger partial charge in [-0.05, 0) is 55.5 Å². The predicted octanol–water partition coefficient (Wildman–Crippen LogP) is 3.84. The van der Waals surface area contributed by atoms with Crippen LogP contribution < -0.4 is 10.3 Å². The van der Waals surface area contributed by atoms with Crippen LogP contribution in [0.25, 0.3) is 0 Å². The fourth-order valence-corrected chi connectivity index (χ4v) is 3.42. The van der Waals surface area contributed by atoms with Crippen molar-refractivity contribution < 1.29 is 14.6 Å². The number of ether oxygens (including phenoxy) is 1. The Labute approximate surface area is 149 Å². The minimum Gasteiger partial charge on any atom is -0.481 e. The normalized spacial score (nSPS) is 10.8. The lowest BCUT2D eigenvalue weighted by Gasteiger charge is -2.12. The molecule has 0 saturated carbocycles. The van der Waals surface area contributed by atoms with E-state index < -0.39 is 5.97 Å². The number of carboxylic acids is 1. The molecule has 8 heteroatoms. The van der Waals surface area contributed by atoms with E-state index in [9.17, 15) is 9.59 Å². The largest absolute Gasteiger partial charge is 0.481 e. The van der Waals surface area contributed by atoms with Gasteiger partial charge in [0.1, 0.15) is 0 Å². The maximum Gasteiger partial charge on any atom is 0.307 e. The van der Waals surface area contributed by atoms with E-state index in [1.165, 1.54) is 0 Å². The first kappa shape index (κ1) is 17.7. The van der Waals surface area contributed by atoms with Gasteiger partial charge in [-0.15, -0.1) is 5.10 Å². The van der Waals surface area contributed by atoms with Crippen molar-refractivity contribution in [3.05, 3.63) is 48.6 Å². The van der Waals surface area contributed by atoms with Crippen molar-refractivity contribution in [2.45, 2.75) is 26.2 Å². The van der Waals surface area contributed by atoms with Gasteiger partial charge in [0, 0.05) is 11.6 Å². The molecule has 0 aliphatic carbocycles. The lowest BCUT2D eigenvalue weighted by atomic mass is 10.1. The van der Waals surface area contributed by atoms with Crippen molar-refractivity contribution >= 4 is 37.8 Å². The highest BCUT2D eigenvalue weighted by Crippen LogP contribution is 2.37. The molecule has 0 aliphatic heterocycles. The van der Waals surface area contributed by atoms with Crippen LogP contribution in [-0.4, -0.2) is 21.3 Å². The van der Waals surface area contributed by atoms with E-state index in [-0.39, 0.29) is 23.8 Å². The Morgan fingerprint density at radius 3 is 2.43 bits per heavy atom. The van der Waals surface area contributed by atoms with E-state index in [1.54, 1.807) is 18.2 Å². The van der Waals surface area contributed by atoms with Crippen LogP contribution >= 0.6 is 31.9 Å². The average molecular weight is 446 g/mol. The number of benzene rings is 1. The number of hydrogen-bond acceptors (Lipinski definition) is 4. The molecule has 1 aromatic heterocycles. The summed E-state index contributed by atoms with van der Waals surface area (Å²) >= 11 is 6.72. The maximum absolute atomic E-state index is 11.7. The van der Waals surface area contributed by atoms with Crippen molar-refractivity contribution in [1.29, 1.82) is 0 Å². The third-order valence-electron chi connectivity index (χ3n) is 3.05. The fraction of sp³-hybridized carbons (Fsp3) is 0.267. The van der Waals surface area contributed by atoms with Crippen molar-refractivity contribution in [3.8, 4) is 11.6 Å². The molecule has 2 rings (SSSR count). The van der Waals surface area contributed by atoms with Gasteiger partial charge in [0.05, 0.1) is 15.4 Å². The minimum absolute atomic E-state index is 0.0360. The predicted molar refractivity (Wildman–Crippen MR) is 92.2 cm³/mol. The van der Waals surface area contributed by atoms with E-state index in [4.69, 9.17) is 9.84 Å². The molecule has 0 aliphatic rings. The maximum atomic E-state index is 11.7. The molecule has 0 radical (unpaired) electrons. The number of carbonyl (C=O) groups is 1. The smallest absolute Gasteiger partial charge is 0.307 e. The summed E-state index contributed by atoms with van der Waals surface area (Å²) in [5.41, 5.74) is 0.952. The zero-order chi connectivity index (χ0) is 17.1. The van der Waals surface area contributed by atoms with Gasteiger partial charge < -0.3 is 9.84 Å². The van der Waals surface area contributed by atoms with Crippen LogP contribution in [0.1, 0.15) is 30.9 Å². The van der Waals surface area contributed by atoms with Crippen molar-refractivity contribution in [3.63, 3.8) is 0 Å². The third kappa shape index (κ3) is 4.42. The molecule has 0 saturated heterocycles. The summed E-state index contributed by atoms with van der Waals surface area (Å²) in [5, 5.41) is 15.1. The Morgan fingerprint density at radius 1 is 1.30 bits per heavy atom. The van der Waals surface area contributed by atoms with Gasteiger partial charge in [-0.3, -0.25) is 9.59 Å². The number of rotatable bonds is 5. The first-order valence-electron chi connectivity index (χ1n) is 6.75. The van der Waals surface area contributed by atoms with Gasteiger partial charge in [0.15, 0.2) is 5.75 Å². The summed E-state index contributed by atoms with van der Waals surface area (Å²) in [7, 11) is 0. The lowest BCUT2D eigenvalue weighted by Crippen LogP contribution is -2.15. The van der Waals surface area contributed by atoms with Crippen LogP contribution in [-0.2, 0) is 11.2 Å². The van der Waals surface area contributed by atoms with E-state index >= 15 is 0 Å². The number of H-pyrrole nitrogens is 1. The summed E-state index contributed by atoms with van der Waals surface area (Å²) in [6.07, 6.45) is -0.0914. The molecule has 122 valence electrons. The monoisotopic (exact) mass is 444 g/mol. The van der Waals surface area contributed by atoms with E-state index in [0.29, 0.717) is 25.8 Å². The quantitative estimate of drug-likeness (QED) is 0.729. The number of aromatic amines is 1. The Balaban J connectivity index is 2.35. The summed E-state index contributed by atoms with van der Waals surface area (Å²) in [6, 6.07) is 4.93. The zero-order valence-electron chi connectivity index (χ0n) is 12.4. The molecule has 0 atom stereocenters. The second-order valence-electron chi connectivity index (χ2n) is 5.21. The Bertz CT molecular complexity index is 779.